The zero-order valence-electron chi connectivity index (χ0n) is 15.8. The summed E-state index contributed by atoms with van der Waals surface area (Å²) in [5.74, 6) is -1.78. The SMILES string of the molecule is CCOC(=O)CCc1cc(F)c(OCc2cccc(OC(C)C)c2)c(F)c1. The van der Waals surface area contributed by atoms with Crippen LogP contribution in [0, 0.1) is 11.6 Å². The van der Waals surface area contributed by atoms with Crippen LogP contribution in [0.1, 0.15) is 38.3 Å². The summed E-state index contributed by atoms with van der Waals surface area (Å²) < 4.78 is 44.2. The lowest BCUT2D eigenvalue weighted by atomic mass is 10.1. The Morgan fingerprint density at radius 2 is 1.78 bits per heavy atom. The molecule has 0 saturated carbocycles. The third kappa shape index (κ3) is 6.55. The molecule has 27 heavy (non-hydrogen) atoms. The predicted molar refractivity (Wildman–Crippen MR) is 97.9 cm³/mol. The lowest BCUT2D eigenvalue weighted by Gasteiger charge is -2.13. The molecule has 0 spiro atoms. The topological polar surface area (TPSA) is 44.8 Å². The van der Waals surface area contributed by atoms with Gasteiger partial charge in [-0.2, -0.15) is 0 Å². The van der Waals surface area contributed by atoms with E-state index in [-0.39, 0.29) is 32.2 Å². The van der Waals surface area contributed by atoms with Gasteiger partial charge in [-0.25, -0.2) is 8.78 Å². The van der Waals surface area contributed by atoms with E-state index in [0.717, 1.165) is 5.56 Å². The Bertz CT molecular complexity index is 752. The number of hydrogen-bond donors (Lipinski definition) is 0. The van der Waals surface area contributed by atoms with E-state index in [4.69, 9.17) is 14.2 Å². The highest BCUT2D eigenvalue weighted by molar-refractivity contribution is 5.69. The summed E-state index contributed by atoms with van der Waals surface area (Å²) in [6.45, 7) is 5.81. The van der Waals surface area contributed by atoms with Crippen LogP contribution in [0.15, 0.2) is 36.4 Å². The van der Waals surface area contributed by atoms with Gasteiger partial charge in [0.25, 0.3) is 0 Å². The van der Waals surface area contributed by atoms with Crippen LogP contribution in [0.3, 0.4) is 0 Å². The van der Waals surface area contributed by atoms with E-state index in [9.17, 15) is 13.6 Å². The van der Waals surface area contributed by atoms with Crippen LogP contribution >= 0.6 is 0 Å². The molecule has 0 heterocycles. The Balaban J connectivity index is 2.01. The number of benzene rings is 2. The maximum absolute atomic E-state index is 14.2. The van der Waals surface area contributed by atoms with E-state index in [1.165, 1.54) is 12.1 Å². The zero-order chi connectivity index (χ0) is 19.8. The maximum Gasteiger partial charge on any atom is 0.306 e. The maximum atomic E-state index is 14.2. The molecule has 4 nitrogen and oxygen atoms in total. The molecule has 0 bridgehead atoms. The van der Waals surface area contributed by atoms with Crippen LogP contribution in [0.2, 0.25) is 0 Å². The fourth-order valence-electron chi connectivity index (χ4n) is 2.51. The van der Waals surface area contributed by atoms with E-state index in [2.05, 4.69) is 0 Å². The molecule has 0 aliphatic rings. The molecule has 0 aliphatic carbocycles. The molecule has 2 aromatic carbocycles. The minimum atomic E-state index is -0.802. The minimum absolute atomic E-state index is 0.00527. The molecule has 6 heteroatoms. The van der Waals surface area contributed by atoms with Crippen LogP contribution in [0.5, 0.6) is 11.5 Å². The summed E-state index contributed by atoms with van der Waals surface area (Å²) in [7, 11) is 0. The van der Waals surface area contributed by atoms with Gasteiger partial charge in [0, 0.05) is 6.42 Å². The van der Waals surface area contributed by atoms with E-state index >= 15 is 0 Å². The molecule has 0 saturated heterocycles. The molecule has 2 aromatic rings. The number of ether oxygens (including phenoxy) is 3. The first-order valence-electron chi connectivity index (χ1n) is 8.91. The molecular weight excluding hydrogens is 354 g/mol. The van der Waals surface area contributed by atoms with Crippen molar-refractivity contribution in [3.8, 4) is 11.5 Å². The molecule has 0 amide bonds. The fourth-order valence-corrected chi connectivity index (χ4v) is 2.51. The van der Waals surface area contributed by atoms with E-state index in [1.54, 1.807) is 25.1 Å². The normalized spacial score (nSPS) is 10.7. The van der Waals surface area contributed by atoms with Gasteiger partial charge in [0.15, 0.2) is 17.4 Å². The molecule has 0 unspecified atom stereocenters. The first kappa shape index (κ1) is 20.7. The second kappa shape index (κ2) is 9.90. The van der Waals surface area contributed by atoms with Crippen molar-refractivity contribution in [1.82, 2.24) is 0 Å². The third-order valence-corrected chi connectivity index (χ3v) is 3.63. The summed E-state index contributed by atoms with van der Waals surface area (Å²) in [6, 6.07) is 9.51. The van der Waals surface area contributed by atoms with Gasteiger partial charge in [-0.1, -0.05) is 12.1 Å². The zero-order valence-corrected chi connectivity index (χ0v) is 15.8. The van der Waals surface area contributed by atoms with Crippen molar-refractivity contribution in [2.45, 2.75) is 46.3 Å². The number of carbonyl (C=O) groups excluding carboxylic acids is 1. The average molecular weight is 378 g/mol. The van der Waals surface area contributed by atoms with Gasteiger partial charge in [-0.05, 0) is 62.6 Å². The molecule has 0 aromatic heterocycles. The average Bonchev–Trinajstić information content (AvgIpc) is 2.59. The second-order valence-electron chi connectivity index (χ2n) is 6.30. The van der Waals surface area contributed by atoms with Gasteiger partial charge in [0.1, 0.15) is 12.4 Å². The number of halogens is 2. The monoisotopic (exact) mass is 378 g/mol. The van der Waals surface area contributed by atoms with Gasteiger partial charge < -0.3 is 14.2 Å². The Hall–Kier alpha value is -2.63. The summed E-state index contributed by atoms with van der Waals surface area (Å²) in [5.41, 5.74) is 1.11. The van der Waals surface area contributed by atoms with Gasteiger partial charge >= 0.3 is 5.97 Å². The highest BCUT2D eigenvalue weighted by Crippen LogP contribution is 2.25. The summed E-state index contributed by atoms with van der Waals surface area (Å²) in [5, 5.41) is 0. The predicted octanol–water partition coefficient (Wildman–Crippen LogP) is 4.83. The number of rotatable bonds is 9. The van der Waals surface area contributed by atoms with Crippen LogP contribution in [-0.4, -0.2) is 18.7 Å². The van der Waals surface area contributed by atoms with Crippen molar-refractivity contribution >= 4 is 5.97 Å². The van der Waals surface area contributed by atoms with Gasteiger partial charge in [0.2, 0.25) is 0 Å². The fraction of sp³-hybridized carbons (Fsp3) is 0.381. The standard InChI is InChI=1S/C21H24F2O4/c1-4-25-20(24)9-8-15-11-18(22)21(19(23)12-15)26-13-16-6-5-7-17(10-16)27-14(2)3/h5-7,10-12,14H,4,8-9,13H2,1-3H3. The van der Waals surface area contributed by atoms with Crippen molar-refractivity contribution in [1.29, 1.82) is 0 Å². The molecule has 146 valence electrons. The van der Waals surface area contributed by atoms with E-state index in [1.807, 2.05) is 19.9 Å². The smallest absolute Gasteiger partial charge is 0.306 e. The molecule has 0 aliphatic heterocycles. The molecular formula is C21H24F2O4. The summed E-state index contributed by atoms with van der Waals surface area (Å²) in [6.07, 6.45) is 0.287. The third-order valence-electron chi connectivity index (χ3n) is 3.63. The Morgan fingerprint density at radius 1 is 1.07 bits per heavy atom. The van der Waals surface area contributed by atoms with E-state index in [0.29, 0.717) is 11.3 Å². The number of hydrogen-bond acceptors (Lipinski definition) is 4. The Morgan fingerprint density at radius 3 is 2.41 bits per heavy atom. The quantitative estimate of drug-likeness (QED) is 0.587. The lowest BCUT2D eigenvalue weighted by Crippen LogP contribution is -2.07. The first-order chi connectivity index (χ1) is 12.9. The lowest BCUT2D eigenvalue weighted by molar-refractivity contribution is -0.143. The van der Waals surface area contributed by atoms with Crippen LogP contribution in [0.4, 0.5) is 8.78 Å². The number of carbonyl (C=O) groups is 1. The van der Waals surface area contributed by atoms with Crippen molar-refractivity contribution in [3.05, 3.63) is 59.2 Å². The highest BCUT2D eigenvalue weighted by atomic mass is 19.1. The largest absolute Gasteiger partial charge is 0.491 e. The summed E-state index contributed by atoms with van der Waals surface area (Å²) in [4.78, 5) is 11.4. The number of aryl methyl sites for hydroxylation is 1. The van der Waals surface area contributed by atoms with Gasteiger partial charge in [-0.15, -0.1) is 0 Å². The Labute approximate surface area is 158 Å². The number of esters is 1. The molecule has 2 rings (SSSR count). The minimum Gasteiger partial charge on any atom is -0.491 e. The van der Waals surface area contributed by atoms with Crippen molar-refractivity contribution in [2.75, 3.05) is 6.61 Å². The second-order valence-corrected chi connectivity index (χ2v) is 6.30. The summed E-state index contributed by atoms with van der Waals surface area (Å²) >= 11 is 0. The molecule has 0 fully saturated rings. The highest BCUT2D eigenvalue weighted by Gasteiger charge is 2.14. The molecule has 0 radical (unpaired) electrons. The first-order valence-corrected chi connectivity index (χ1v) is 8.91. The van der Waals surface area contributed by atoms with Crippen molar-refractivity contribution in [2.24, 2.45) is 0 Å². The van der Waals surface area contributed by atoms with Gasteiger partial charge in [-0.3, -0.25) is 4.79 Å². The van der Waals surface area contributed by atoms with Crippen molar-refractivity contribution in [3.63, 3.8) is 0 Å². The molecule has 0 atom stereocenters. The van der Waals surface area contributed by atoms with Crippen LogP contribution in [0.25, 0.3) is 0 Å². The van der Waals surface area contributed by atoms with Crippen LogP contribution < -0.4 is 9.47 Å². The van der Waals surface area contributed by atoms with E-state index < -0.39 is 23.4 Å². The van der Waals surface area contributed by atoms with Crippen molar-refractivity contribution < 1.29 is 27.8 Å². The molecule has 0 N–H and O–H groups in total. The van der Waals surface area contributed by atoms with Crippen LogP contribution in [-0.2, 0) is 22.6 Å². The Kier molecular flexibility index (Phi) is 7.58. The van der Waals surface area contributed by atoms with Gasteiger partial charge in [0.05, 0.1) is 12.7 Å².